The summed E-state index contributed by atoms with van der Waals surface area (Å²) >= 11 is 0. The highest BCUT2D eigenvalue weighted by Crippen LogP contribution is 2.28. The number of hydrogen-bond donors (Lipinski definition) is 4. The summed E-state index contributed by atoms with van der Waals surface area (Å²) in [6.07, 6.45) is 0. The first-order valence-electron chi connectivity index (χ1n) is 9.88. The van der Waals surface area contributed by atoms with E-state index in [0.29, 0.717) is 17.1 Å². The van der Waals surface area contributed by atoms with Crippen LogP contribution in [-0.4, -0.2) is 17.7 Å². The van der Waals surface area contributed by atoms with E-state index < -0.39 is 0 Å². The highest BCUT2D eigenvalue weighted by molar-refractivity contribution is 6.01. The highest BCUT2D eigenvalue weighted by atomic mass is 16.3. The van der Waals surface area contributed by atoms with Crippen LogP contribution in [0.25, 0.3) is 22.3 Å². The van der Waals surface area contributed by atoms with Crippen LogP contribution in [0.5, 0.6) is 0 Å². The molecule has 0 aliphatic rings. The van der Waals surface area contributed by atoms with Crippen molar-refractivity contribution in [2.75, 3.05) is 10.6 Å². The van der Waals surface area contributed by atoms with E-state index in [1.807, 2.05) is 66.7 Å². The molecule has 4 aromatic rings. The fraction of sp³-hybridized carbons (Fsp3) is 0.0417. The second-order valence-electron chi connectivity index (χ2n) is 7.09. The third-order valence-corrected chi connectivity index (χ3v) is 4.73. The Balaban J connectivity index is 1.38. The Hall–Kier alpha value is -4.59. The molecule has 0 aliphatic carbocycles. The van der Waals surface area contributed by atoms with Gasteiger partial charge in [-0.1, -0.05) is 30.3 Å². The summed E-state index contributed by atoms with van der Waals surface area (Å²) in [5.41, 5.74) is 15.1. The number of para-hydroxylation sites is 1. The minimum absolute atomic E-state index is 0.107. The zero-order valence-corrected chi connectivity index (χ0v) is 17.4. The van der Waals surface area contributed by atoms with Gasteiger partial charge in [-0.2, -0.15) is 5.10 Å². The average Bonchev–Trinajstić information content (AvgIpc) is 3.22. The standard InChI is InChI=1S/C24H22N6O2/c1-15(29-30-23(25)26)16-6-10-19(11-7-16)27-24(31)28-20-12-8-17(9-13-20)22-14-18-4-2-3-5-21(18)32-22/h2-14H,1H3,(H4,25,26,30)(H2,27,28,31)/b29-15+. The lowest BCUT2D eigenvalue weighted by atomic mass is 10.1. The van der Waals surface area contributed by atoms with Gasteiger partial charge in [0.1, 0.15) is 11.3 Å². The topological polar surface area (TPSA) is 131 Å². The first kappa shape index (κ1) is 20.7. The van der Waals surface area contributed by atoms with E-state index in [4.69, 9.17) is 15.9 Å². The smallest absolute Gasteiger partial charge is 0.323 e. The molecule has 3 aromatic carbocycles. The van der Waals surface area contributed by atoms with Crippen LogP contribution in [0, 0.1) is 0 Å². The SMILES string of the molecule is C/C(=N\N=C(N)N)c1ccc(NC(=O)Nc2ccc(-c3cc4ccccc4o3)cc2)cc1. The molecule has 0 atom stereocenters. The Labute approximate surface area is 184 Å². The molecule has 0 bridgehead atoms. The summed E-state index contributed by atoms with van der Waals surface area (Å²) in [5.74, 6) is 0.672. The lowest BCUT2D eigenvalue weighted by Crippen LogP contribution is -2.22. The van der Waals surface area contributed by atoms with Gasteiger partial charge in [0.2, 0.25) is 5.96 Å². The zero-order chi connectivity index (χ0) is 22.5. The molecule has 0 aliphatic heterocycles. The monoisotopic (exact) mass is 426 g/mol. The van der Waals surface area contributed by atoms with Gasteiger partial charge in [-0.3, -0.25) is 0 Å². The highest BCUT2D eigenvalue weighted by Gasteiger charge is 2.07. The number of hydrogen-bond acceptors (Lipinski definition) is 4. The van der Waals surface area contributed by atoms with Crippen molar-refractivity contribution in [3.8, 4) is 11.3 Å². The molecular weight excluding hydrogens is 404 g/mol. The van der Waals surface area contributed by atoms with Gasteiger partial charge in [0, 0.05) is 22.3 Å². The summed E-state index contributed by atoms with van der Waals surface area (Å²) in [5, 5.41) is 14.2. The second kappa shape index (κ2) is 9.05. The third-order valence-electron chi connectivity index (χ3n) is 4.73. The van der Waals surface area contributed by atoms with Crippen LogP contribution in [0.2, 0.25) is 0 Å². The maximum absolute atomic E-state index is 12.3. The summed E-state index contributed by atoms with van der Waals surface area (Å²) in [6, 6.07) is 24.2. The quantitative estimate of drug-likeness (QED) is 0.208. The molecule has 0 radical (unpaired) electrons. The van der Waals surface area contributed by atoms with E-state index in [1.54, 1.807) is 19.1 Å². The Morgan fingerprint density at radius 2 is 1.47 bits per heavy atom. The second-order valence-corrected chi connectivity index (χ2v) is 7.09. The predicted octanol–water partition coefficient (Wildman–Crippen LogP) is 4.74. The van der Waals surface area contributed by atoms with E-state index in [9.17, 15) is 4.79 Å². The van der Waals surface area contributed by atoms with E-state index in [-0.39, 0.29) is 12.0 Å². The van der Waals surface area contributed by atoms with Crippen LogP contribution in [0.1, 0.15) is 12.5 Å². The molecule has 1 aromatic heterocycles. The largest absolute Gasteiger partial charge is 0.456 e. The van der Waals surface area contributed by atoms with Crippen LogP contribution in [-0.2, 0) is 0 Å². The van der Waals surface area contributed by atoms with Crippen molar-refractivity contribution in [3.63, 3.8) is 0 Å². The molecule has 6 N–H and O–H groups in total. The van der Waals surface area contributed by atoms with E-state index in [1.165, 1.54) is 0 Å². The predicted molar refractivity (Wildman–Crippen MR) is 129 cm³/mol. The van der Waals surface area contributed by atoms with Gasteiger partial charge in [0.05, 0.1) is 5.71 Å². The number of anilines is 2. The number of urea groups is 1. The van der Waals surface area contributed by atoms with E-state index in [0.717, 1.165) is 27.9 Å². The van der Waals surface area contributed by atoms with Crippen molar-refractivity contribution in [3.05, 3.63) is 84.4 Å². The Morgan fingerprint density at radius 1 is 0.844 bits per heavy atom. The van der Waals surface area contributed by atoms with E-state index in [2.05, 4.69) is 20.8 Å². The van der Waals surface area contributed by atoms with Crippen LogP contribution >= 0.6 is 0 Å². The number of benzene rings is 3. The number of guanidine groups is 1. The summed E-state index contributed by atoms with van der Waals surface area (Å²) in [7, 11) is 0. The number of furan rings is 1. The van der Waals surface area contributed by atoms with Crippen molar-refractivity contribution in [2.45, 2.75) is 6.92 Å². The molecule has 1 heterocycles. The molecule has 32 heavy (non-hydrogen) atoms. The number of fused-ring (bicyclic) bond motifs is 1. The van der Waals surface area contributed by atoms with Crippen LogP contribution in [0.3, 0.4) is 0 Å². The number of amides is 2. The van der Waals surface area contributed by atoms with Crippen LogP contribution in [0.15, 0.2) is 93.5 Å². The van der Waals surface area contributed by atoms with Crippen LogP contribution in [0.4, 0.5) is 16.2 Å². The van der Waals surface area contributed by atoms with Crippen molar-refractivity contribution >= 4 is 40.0 Å². The molecule has 160 valence electrons. The molecular formula is C24H22N6O2. The summed E-state index contributed by atoms with van der Waals surface area (Å²) in [6.45, 7) is 1.79. The molecule has 0 fully saturated rings. The Bertz CT molecular complexity index is 1270. The van der Waals surface area contributed by atoms with Crippen molar-refractivity contribution in [1.82, 2.24) is 0 Å². The van der Waals surface area contributed by atoms with Gasteiger partial charge in [-0.25, -0.2) is 4.79 Å². The van der Waals surface area contributed by atoms with Gasteiger partial charge in [0.15, 0.2) is 0 Å². The fourth-order valence-electron chi connectivity index (χ4n) is 3.12. The summed E-state index contributed by atoms with van der Waals surface area (Å²) in [4.78, 5) is 12.3. The average molecular weight is 426 g/mol. The first-order valence-corrected chi connectivity index (χ1v) is 9.88. The number of nitrogens with zero attached hydrogens (tertiary/aromatic N) is 2. The number of rotatable bonds is 5. The maximum atomic E-state index is 12.3. The van der Waals surface area contributed by atoms with Gasteiger partial charge in [-0.05, 0) is 61.0 Å². The fourth-order valence-corrected chi connectivity index (χ4v) is 3.12. The number of nitrogens with two attached hydrogens (primary N) is 2. The summed E-state index contributed by atoms with van der Waals surface area (Å²) < 4.78 is 5.88. The lowest BCUT2D eigenvalue weighted by Gasteiger charge is -2.09. The van der Waals surface area contributed by atoms with Gasteiger partial charge in [-0.15, -0.1) is 5.10 Å². The van der Waals surface area contributed by atoms with Crippen molar-refractivity contribution in [2.24, 2.45) is 21.7 Å². The van der Waals surface area contributed by atoms with Gasteiger partial charge in [0.25, 0.3) is 0 Å². The molecule has 0 spiro atoms. The molecule has 8 heteroatoms. The molecule has 4 rings (SSSR count). The zero-order valence-electron chi connectivity index (χ0n) is 17.4. The van der Waals surface area contributed by atoms with Gasteiger partial charge < -0.3 is 26.5 Å². The van der Waals surface area contributed by atoms with Gasteiger partial charge >= 0.3 is 6.03 Å². The van der Waals surface area contributed by atoms with Crippen molar-refractivity contribution < 1.29 is 9.21 Å². The molecule has 8 nitrogen and oxygen atoms in total. The first-order chi connectivity index (χ1) is 15.5. The minimum Gasteiger partial charge on any atom is -0.456 e. The molecule has 0 saturated carbocycles. The lowest BCUT2D eigenvalue weighted by molar-refractivity contribution is 0.262. The molecule has 0 unspecified atom stereocenters. The van der Waals surface area contributed by atoms with Crippen molar-refractivity contribution in [1.29, 1.82) is 0 Å². The number of carbonyl (C=O) groups is 1. The van der Waals surface area contributed by atoms with Crippen LogP contribution < -0.4 is 22.1 Å². The Kier molecular flexibility index (Phi) is 5.85. The molecule has 2 amide bonds. The number of carbonyl (C=O) groups excluding carboxylic acids is 1. The minimum atomic E-state index is -0.347. The third kappa shape index (κ3) is 4.93. The maximum Gasteiger partial charge on any atom is 0.323 e. The Morgan fingerprint density at radius 3 is 2.09 bits per heavy atom. The number of nitrogens with one attached hydrogen (secondary N) is 2. The normalized spacial score (nSPS) is 11.2. The van der Waals surface area contributed by atoms with E-state index >= 15 is 0 Å². The molecule has 0 saturated heterocycles.